The lowest BCUT2D eigenvalue weighted by molar-refractivity contribution is -0.0593. The zero-order valence-electron chi connectivity index (χ0n) is 6.09. The monoisotopic (exact) mass is 130 g/mol. The first-order valence-electron chi connectivity index (χ1n) is 3.60. The second-order valence-corrected chi connectivity index (χ2v) is 2.50. The standard InChI is InChI=1S/C7H14O2/c1-3-4-7-8-5-6(2)9-7/h6-7H,3-5H2,1-2H3/t6-,7?/m1/s1. The van der Waals surface area contributed by atoms with Crippen LogP contribution in [0.4, 0.5) is 0 Å². The van der Waals surface area contributed by atoms with Crippen LogP contribution in [0.3, 0.4) is 0 Å². The maximum Gasteiger partial charge on any atom is 0.158 e. The molecule has 0 aromatic heterocycles. The summed E-state index contributed by atoms with van der Waals surface area (Å²) in [7, 11) is 0. The van der Waals surface area contributed by atoms with E-state index in [1.165, 1.54) is 0 Å². The lowest BCUT2D eigenvalue weighted by atomic mass is 10.3. The van der Waals surface area contributed by atoms with E-state index in [0.29, 0.717) is 6.10 Å². The highest BCUT2D eigenvalue weighted by atomic mass is 16.7. The van der Waals surface area contributed by atoms with E-state index in [0.717, 1.165) is 19.4 Å². The van der Waals surface area contributed by atoms with Crippen LogP contribution in [-0.4, -0.2) is 19.0 Å². The largest absolute Gasteiger partial charge is 0.350 e. The van der Waals surface area contributed by atoms with Gasteiger partial charge in [-0.1, -0.05) is 13.3 Å². The first-order valence-corrected chi connectivity index (χ1v) is 3.60. The third-order valence-electron chi connectivity index (χ3n) is 1.43. The van der Waals surface area contributed by atoms with Crippen LogP contribution >= 0.6 is 0 Å². The molecule has 1 rings (SSSR count). The van der Waals surface area contributed by atoms with E-state index >= 15 is 0 Å². The first kappa shape index (κ1) is 7.03. The normalized spacial score (nSPS) is 35.3. The summed E-state index contributed by atoms with van der Waals surface area (Å²) >= 11 is 0. The van der Waals surface area contributed by atoms with Crippen molar-refractivity contribution in [3.63, 3.8) is 0 Å². The molecule has 0 amide bonds. The highest BCUT2D eigenvalue weighted by Gasteiger charge is 2.20. The summed E-state index contributed by atoms with van der Waals surface area (Å²) < 4.78 is 10.7. The minimum absolute atomic E-state index is 0.0880. The van der Waals surface area contributed by atoms with Gasteiger partial charge in [-0.15, -0.1) is 0 Å². The lowest BCUT2D eigenvalue weighted by Crippen LogP contribution is -2.08. The van der Waals surface area contributed by atoms with Crippen molar-refractivity contribution in [1.29, 1.82) is 0 Å². The number of ether oxygens (including phenoxy) is 2. The Morgan fingerprint density at radius 1 is 1.56 bits per heavy atom. The van der Waals surface area contributed by atoms with Gasteiger partial charge in [0.15, 0.2) is 6.29 Å². The lowest BCUT2D eigenvalue weighted by Gasteiger charge is -2.06. The van der Waals surface area contributed by atoms with E-state index in [2.05, 4.69) is 6.92 Å². The van der Waals surface area contributed by atoms with E-state index in [4.69, 9.17) is 9.47 Å². The van der Waals surface area contributed by atoms with E-state index in [1.54, 1.807) is 0 Å². The highest BCUT2D eigenvalue weighted by Crippen LogP contribution is 2.14. The molecule has 0 bridgehead atoms. The van der Waals surface area contributed by atoms with Crippen LogP contribution in [0.2, 0.25) is 0 Å². The Morgan fingerprint density at radius 2 is 2.33 bits per heavy atom. The van der Waals surface area contributed by atoms with Gasteiger partial charge in [0.2, 0.25) is 0 Å². The zero-order chi connectivity index (χ0) is 6.69. The molecule has 1 unspecified atom stereocenters. The van der Waals surface area contributed by atoms with Gasteiger partial charge in [-0.3, -0.25) is 0 Å². The van der Waals surface area contributed by atoms with Crippen LogP contribution in [0, 0.1) is 0 Å². The molecule has 2 nitrogen and oxygen atoms in total. The van der Waals surface area contributed by atoms with E-state index < -0.39 is 0 Å². The van der Waals surface area contributed by atoms with Crippen molar-refractivity contribution < 1.29 is 9.47 Å². The average molecular weight is 130 g/mol. The molecular weight excluding hydrogens is 116 g/mol. The van der Waals surface area contributed by atoms with E-state index in [-0.39, 0.29) is 6.29 Å². The molecule has 54 valence electrons. The summed E-state index contributed by atoms with van der Waals surface area (Å²) in [6.45, 7) is 4.94. The Hall–Kier alpha value is -0.0800. The summed E-state index contributed by atoms with van der Waals surface area (Å²) in [6.07, 6.45) is 2.56. The fourth-order valence-corrected chi connectivity index (χ4v) is 0.968. The van der Waals surface area contributed by atoms with Crippen molar-refractivity contribution in [1.82, 2.24) is 0 Å². The Morgan fingerprint density at radius 3 is 2.78 bits per heavy atom. The molecule has 1 heterocycles. The van der Waals surface area contributed by atoms with Crippen molar-refractivity contribution in [2.75, 3.05) is 6.61 Å². The molecular formula is C7H14O2. The first-order chi connectivity index (χ1) is 4.33. The molecule has 2 atom stereocenters. The van der Waals surface area contributed by atoms with Gasteiger partial charge in [0.1, 0.15) is 0 Å². The average Bonchev–Trinajstić information content (AvgIpc) is 2.17. The minimum Gasteiger partial charge on any atom is -0.350 e. The topological polar surface area (TPSA) is 18.5 Å². The second-order valence-electron chi connectivity index (χ2n) is 2.50. The fraction of sp³-hybridized carbons (Fsp3) is 1.00. The predicted octanol–water partition coefficient (Wildman–Crippen LogP) is 1.55. The summed E-state index contributed by atoms with van der Waals surface area (Å²) in [4.78, 5) is 0. The van der Waals surface area contributed by atoms with Crippen LogP contribution < -0.4 is 0 Å². The summed E-state index contributed by atoms with van der Waals surface area (Å²) in [5, 5.41) is 0. The molecule has 0 aliphatic carbocycles. The zero-order valence-corrected chi connectivity index (χ0v) is 6.09. The molecule has 0 aromatic rings. The molecule has 1 aliphatic heterocycles. The Labute approximate surface area is 56.2 Å². The molecule has 0 spiro atoms. The van der Waals surface area contributed by atoms with Crippen LogP contribution in [-0.2, 0) is 9.47 Å². The molecule has 2 heteroatoms. The third kappa shape index (κ3) is 1.95. The Bertz CT molecular complexity index is 81.0. The molecule has 1 saturated heterocycles. The smallest absolute Gasteiger partial charge is 0.158 e. The predicted molar refractivity (Wildman–Crippen MR) is 35.2 cm³/mol. The van der Waals surface area contributed by atoms with E-state index in [1.807, 2.05) is 6.92 Å². The molecule has 0 saturated carbocycles. The SMILES string of the molecule is CCCC1OC[C@@H](C)O1. The van der Waals surface area contributed by atoms with Gasteiger partial charge < -0.3 is 9.47 Å². The van der Waals surface area contributed by atoms with Crippen LogP contribution in [0.15, 0.2) is 0 Å². The van der Waals surface area contributed by atoms with Gasteiger partial charge in [0.05, 0.1) is 12.7 Å². The van der Waals surface area contributed by atoms with Crippen molar-refractivity contribution in [2.24, 2.45) is 0 Å². The summed E-state index contributed by atoms with van der Waals surface area (Å²) in [5.41, 5.74) is 0. The van der Waals surface area contributed by atoms with Crippen molar-refractivity contribution >= 4 is 0 Å². The van der Waals surface area contributed by atoms with Gasteiger partial charge in [0, 0.05) is 0 Å². The maximum absolute atomic E-state index is 5.38. The van der Waals surface area contributed by atoms with Crippen LogP contribution in [0.5, 0.6) is 0 Å². The third-order valence-corrected chi connectivity index (χ3v) is 1.43. The Kier molecular flexibility index (Phi) is 2.49. The molecule has 0 aromatic carbocycles. The molecule has 1 fully saturated rings. The van der Waals surface area contributed by atoms with Crippen molar-refractivity contribution in [2.45, 2.75) is 39.1 Å². The Balaban J connectivity index is 2.14. The van der Waals surface area contributed by atoms with Crippen LogP contribution in [0.1, 0.15) is 26.7 Å². The van der Waals surface area contributed by atoms with E-state index in [9.17, 15) is 0 Å². The van der Waals surface area contributed by atoms with Crippen LogP contribution in [0.25, 0.3) is 0 Å². The quantitative estimate of drug-likeness (QED) is 0.564. The molecule has 0 N–H and O–H groups in total. The molecule has 1 aliphatic rings. The van der Waals surface area contributed by atoms with Crippen molar-refractivity contribution in [3.8, 4) is 0 Å². The summed E-state index contributed by atoms with van der Waals surface area (Å²) in [5.74, 6) is 0. The molecule has 0 radical (unpaired) electrons. The molecule has 9 heavy (non-hydrogen) atoms. The highest BCUT2D eigenvalue weighted by molar-refractivity contribution is 4.58. The van der Waals surface area contributed by atoms with Gasteiger partial charge in [-0.25, -0.2) is 0 Å². The fourth-order valence-electron chi connectivity index (χ4n) is 0.968. The van der Waals surface area contributed by atoms with Gasteiger partial charge in [-0.05, 0) is 13.3 Å². The van der Waals surface area contributed by atoms with Gasteiger partial charge in [0.25, 0.3) is 0 Å². The summed E-state index contributed by atoms with van der Waals surface area (Å²) in [6, 6.07) is 0. The van der Waals surface area contributed by atoms with Gasteiger partial charge >= 0.3 is 0 Å². The minimum atomic E-state index is 0.0880. The number of hydrogen-bond acceptors (Lipinski definition) is 2. The maximum atomic E-state index is 5.38. The van der Waals surface area contributed by atoms with Crippen molar-refractivity contribution in [3.05, 3.63) is 0 Å². The number of rotatable bonds is 2. The second kappa shape index (κ2) is 3.18. The van der Waals surface area contributed by atoms with Gasteiger partial charge in [-0.2, -0.15) is 0 Å². The number of hydrogen-bond donors (Lipinski definition) is 0.